The summed E-state index contributed by atoms with van der Waals surface area (Å²) < 4.78 is 15.3. The van der Waals surface area contributed by atoms with Crippen LogP contribution in [0.5, 0.6) is 11.5 Å². The molecule has 3 aromatic rings. The van der Waals surface area contributed by atoms with Gasteiger partial charge in [-0.25, -0.2) is 9.59 Å². The van der Waals surface area contributed by atoms with Gasteiger partial charge in [-0.3, -0.25) is 0 Å². The summed E-state index contributed by atoms with van der Waals surface area (Å²) in [6.45, 7) is 0. The average Bonchev–Trinajstić information content (AvgIpc) is 2.66. The lowest BCUT2D eigenvalue weighted by Gasteiger charge is -2.10. The van der Waals surface area contributed by atoms with E-state index >= 15 is 0 Å². The number of fused-ring (bicyclic) bond motifs is 1. The molecule has 0 aliphatic rings. The second-order valence-corrected chi connectivity index (χ2v) is 5.31. The minimum atomic E-state index is -0.459. The molecule has 5 heteroatoms. The Kier molecular flexibility index (Phi) is 4.66. The van der Waals surface area contributed by atoms with Gasteiger partial charge >= 0.3 is 11.9 Å². The summed E-state index contributed by atoms with van der Waals surface area (Å²) in [6, 6.07) is 17.6. The number of rotatable bonds is 4. The number of methoxy groups -OCH3 is 2. The van der Waals surface area contributed by atoms with Crippen LogP contribution in [0.1, 0.15) is 20.7 Å². The van der Waals surface area contributed by atoms with E-state index in [-0.39, 0.29) is 5.97 Å². The smallest absolute Gasteiger partial charge is 0.341 e. The zero-order valence-electron chi connectivity index (χ0n) is 13.8. The van der Waals surface area contributed by atoms with Crippen LogP contribution < -0.4 is 4.74 Å². The van der Waals surface area contributed by atoms with Crippen LogP contribution in [0.25, 0.3) is 10.8 Å². The standard InChI is InChI=1S/C20H16O5/c1-23-19(21)15-8-7-14-12-16(10-9-13(14)11-15)25-18-6-4-3-5-17(18)20(22)24-2/h3-12H,1-2H3. The van der Waals surface area contributed by atoms with Crippen molar-refractivity contribution in [3.8, 4) is 11.5 Å². The molecule has 126 valence electrons. The third kappa shape index (κ3) is 3.45. The van der Waals surface area contributed by atoms with Gasteiger partial charge in [-0.05, 0) is 47.2 Å². The summed E-state index contributed by atoms with van der Waals surface area (Å²) in [4.78, 5) is 23.4. The van der Waals surface area contributed by atoms with Gasteiger partial charge in [0.15, 0.2) is 0 Å². The van der Waals surface area contributed by atoms with Gasteiger partial charge in [0.05, 0.1) is 19.8 Å². The highest BCUT2D eigenvalue weighted by Crippen LogP contribution is 2.29. The Morgan fingerprint density at radius 3 is 2.20 bits per heavy atom. The predicted octanol–water partition coefficient (Wildman–Crippen LogP) is 4.21. The van der Waals surface area contributed by atoms with Crippen molar-refractivity contribution in [1.82, 2.24) is 0 Å². The highest BCUT2D eigenvalue weighted by atomic mass is 16.5. The van der Waals surface area contributed by atoms with Gasteiger partial charge in [0.2, 0.25) is 0 Å². The molecule has 0 saturated heterocycles. The topological polar surface area (TPSA) is 61.8 Å². The van der Waals surface area contributed by atoms with Crippen LogP contribution in [0.4, 0.5) is 0 Å². The molecule has 0 aliphatic carbocycles. The summed E-state index contributed by atoms with van der Waals surface area (Å²) in [7, 11) is 2.68. The van der Waals surface area contributed by atoms with Gasteiger partial charge in [-0.15, -0.1) is 0 Å². The Bertz CT molecular complexity index is 946. The van der Waals surface area contributed by atoms with Gasteiger partial charge in [-0.1, -0.05) is 24.3 Å². The second kappa shape index (κ2) is 7.05. The third-order valence-electron chi connectivity index (χ3n) is 3.75. The first-order chi connectivity index (χ1) is 12.1. The van der Waals surface area contributed by atoms with Gasteiger partial charge in [0.25, 0.3) is 0 Å². The number of para-hydroxylation sites is 1. The molecule has 3 rings (SSSR count). The Morgan fingerprint density at radius 1 is 0.760 bits per heavy atom. The van der Waals surface area contributed by atoms with Crippen LogP contribution in [-0.2, 0) is 9.47 Å². The van der Waals surface area contributed by atoms with Gasteiger partial charge in [0.1, 0.15) is 17.1 Å². The van der Waals surface area contributed by atoms with Crippen molar-refractivity contribution in [2.24, 2.45) is 0 Å². The molecule has 25 heavy (non-hydrogen) atoms. The average molecular weight is 336 g/mol. The van der Waals surface area contributed by atoms with Crippen LogP contribution in [0.15, 0.2) is 60.7 Å². The lowest BCUT2D eigenvalue weighted by atomic mass is 10.1. The maximum Gasteiger partial charge on any atom is 0.341 e. The van der Waals surface area contributed by atoms with E-state index in [2.05, 4.69) is 0 Å². The molecule has 0 fully saturated rings. The van der Waals surface area contributed by atoms with Crippen LogP contribution in [-0.4, -0.2) is 26.2 Å². The summed E-state index contributed by atoms with van der Waals surface area (Å²) >= 11 is 0. The molecule has 0 atom stereocenters. The molecule has 5 nitrogen and oxygen atoms in total. The molecule has 0 N–H and O–H groups in total. The fourth-order valence-corrected chi connectivity index (χ4v) is 2.49. The fourth-order valence-electron chi connectivity index (χ4n) is 2.49. The SMILES string of the molecule is COC(=O)c1ccc2cc(Oc3ccccc3C(=O)OC)ccc2c1. The molecule has 0 aromatic heterocycles. The molecule has 0 aliphatic heterocycles. The Morgan fingerprint density at radius 2 is 1.44 bits per heavy atom. The van der Waals surface area contributed by atoms with Crippen molar-refractivity contribution < 1.29 is 23.8 Å². The van der Waals surface area contributed by atoms with Gasteiger partial charge in [-0.2, -0.15) is 0 Å². The van der Waals surface area contributed by atoms with E-state index < -0.39 is 5.97 Å². The first-order valence-corrected chi connectivity index (χ1v) is 7.59. The zero-order valence-corrected chi connectivity index (χ0v) is 13.8. The molecular weight excluding hydrogens is 320 g/mol. The van der Waals surface area contributed by atoms with Crippen molar-refractivity contribution in [2.75, 3.05) is 14.2 Å². The number of carbonyl (C=O) groups is 2. The van der Waals surface area contributed by atoms with Crippen molar-refractivity contribution in [2.45, 2.75) is 0 Å². The second-order valence-electron chi connectivity index (χ2n) is 5.31. The van der Waals surface area contributed by atoms with E-state index in [1.54, 1.807) is 42.5 Å². The number of esters is 2. The minimum Gasteiger partial charge on any atom is -0.465 e. The monoisotopic (exact) mass is 336 g/mol. The van der Waals surface area contributed by atoms with E-state index in [0.717, 1.165) is 10.8 Å². The first kappa shape index (κ1) is 16.5. The predicted molar refractivity (Wildman–Crippen MR) is 93.1 cm³/mol. The molecule has 0 radical (unpaired) electrons. The van der Waals surface area contributed by atoms with E-state index in [4.69, 9.17) is 14.2 Å². The lowest BCUT2D eigenvalue weighted by Crippen LogP contribution is -2.03. The number of benzene rings is 3. The van der Waals surface area contributed by atoms with Gasteiger partial charge < -0.3 is 14.2 Å². The lowest BCUT2D eigenvalue weighted by molar-refractivity contribution is 0.0590. The molecule has 0 amide bonds. The van der Waals surface area contributed by atoms with Crippen molar-refractivity contribution in [1.29, 1.82) is 0 Å². The van der Waals surface area contributed by atoms with E-state index in [9.17, 15) is 9.59 Å². The van der Waals surface area contributed by atoms with Crippen LogP contribution in [0.2, 0.25) is 0 Å². The zero-order chi connectivity index (χ0) is 17.8. The van der Waals surface area contributed by atoms with Crippen LogP contribution in [0.3, 0.4) is 0 Å². The Hall–Kier alpha value is -3.34. The number of hydrogen-bond donors (Lipinski definition) is 0. The van der Waals surface area contributed by atoms with Crippen LogP contribution in [0, 0.1) is 0 Å². The van der Waals surface area contributed by atoms with Crippen molar-refractivity contribution in [3.05, 3.63) is 71.8 Å². The normalized spacial score (nSPS) is 10.3. The van der Waals surface area contributed by atoms with Gasteiger partial charge in [0, 0.05) is 0 Å². The molecule has 3 aromatic carbocycles. The van der Waals surface area contributed by atoms with E-state index in [1.165, 1.54) is 14.2 Å². The largest absolute Gasteiger partial charge is 0.465 e. The summed E-state index contributed by atoms with van der Waals surface area (Å²) in [5.41, 5.74) is 0.839. The van der Waals surface area contributed by atoms with E-state index in [1.807, 2.05) is 18.2 Å². The summed E-state index contributed by atoms with van der Waals surface area (Å²) in [5, 5.41) is 1.79. The van der Waals surface area contributed by atoms with Crippen molar-refractivity contribution in [3.63, 3.8) is 0 Å². The maximum atomic E-state index is 11.8. The Balaban J connectivity index is 1.93. The number of carbonyl (C=O) groups excluding carboxylic acids is 2. The molecule has 0 unspecified atom stereocenters. The van der Waals surface area contributed by atoms with E-state index in [0.29, 0.717) is 22.6 Å². The fraction of sp³-hybridized carbons (Fsp3) is 0.100. The molecule has 0 heterocycles. The quantitative estimate of drug-likeness (QED) is 0.668. The number of ether oxygens (including phenoxy) is 3. The Labute approximate surface area is 144 Å². The van der Waals surface area contributed by atoms with Crippen LogP contribution >= 0.6 is 0 Å². The molecule has 0 spiro atoms. The molecule has 0 bridgehead atoms. The summed E-state index contributed by atoms with van der Waals surface area (Å²) in [6.07, 6.45) is 0. The highest BCUT2D eigenvalue weighted by molar-refractivity contribution is 5.96. The first-order valence-electron chi connectivity index (χ1n) is 7.59. The maximum absolute atomic E-state index is 11.8. The molecule has 0 saturated carbocycles. The third-order valence-corrected chi connectivity index (χ3v) is 3.75. The minimum absolute atomic E-state index is 0.353. The number of hydrogen-bond acceptors (Lipinski definition) is 5. The highest BCUT2D eigenvalue weighted by Gasteiger charge is 2.13. The van der Waals surface area contributed by atoms with Crippen molar-refractivity contribution >= 4 is 22.7 Å². The molecular formula is C20H16O5. The summed E-state index contributed by atoms with van der Waals surface area (Å²) in [5.74, 6) is 0.155.